The van der Waals surface area contributed by atoms with Crippen LogP contribution in [0.4, 0.5) is 4.39 Å². The summed E-state index contributed by atoms with van der Waals surface area (Å²) in [5, 5.41) is 0. The molecule has 2 aromatic rings. The average Bonchev–Trinajstić information content (AvgIpc) is 2.64. The number of aromatic nitrogens is 3. The van der Waals surface area contributed by atoms with E-state index in [1.807, 2.05) is 6.20 Å². The van der Waals surface area contributed by atoms with E-state index in [0.29, 0.717) is 12.1 Å². The lowest BCUT2D eigenvalue weighted by Crippen LogP contribution is -2.31. The number of nitrogens with zero attached hydrogens (tertiary/aromatic N) is 5. The molecule has 24 heavy (non-hydrogen) atoms. The molecule has 2 aliphatic rings. The van der Waals surface area contributed by atoms with Crippen molar-refractivity contribution in [2.24, 2.45) is 4.99 Å². The number of pyridine rings is 1. The van der Waals surface area contributed by atoms with Crippen LogP contribution in [-0.4, -0.2) is 38.7 Å². The Balaban J connectivity index is 1.49. The lowest BCUT2D eigenvalue weighted by molar-refractivity contribution is 0.239. The molecule has 0 saturated heterocycles. The lowest BCUT2D eigenvalue weighted by Gasteiger charge is -2.28. The van der Waals surface area contributed by atoms with Gasteiger partial charge in [0.25, 0.3) is 0 Å². The number of fused-ring (bicyclic) bond motifs is 1. The molecular weight excluding hydrogens is 305 g/mol. The Kier molecular flexibility index (Phi) is 4.30. The van der Waals surface area contributed by atoms with E-state index in [2.05, 4.69) is 19.9 Å². The molecule has 0 bridgehead atoms. The van der Waals surface area contributed by atoms with Crippen LogP contribution in [-0.2, 0) is 19.5 Å². The smallest absolute Gasteiger partial charge is 0.173 e. The molecule has 0 fully saturated rings. The van der Waals surface area contributed by atoms with Gasteiger partial charge in [-0.1, -0.05) is 0 Å². The predicted octanol–water partition coefficient (Wildman–Crippen LogP) is 2.54. The van der Waals surface area contributed by atoms with E-state index in [4.69, 9.17) is 4.98 Å². The molecule has 0 N–H and O–H groups in total. The Hall–Kier alpha value is -2.21. The summed E-state index contributed by atoms with van der Waals surface area (Å²) in [5.74, 6) is 0.548. The van der Waals surface area contributed by atoms with Crippen molar-refractivity contribution in [3.63, 3.8) is 0 Å². The Morgan fingerprint density at radius 2 is 2.12 bits per heavy atom. The van der Waals surface area contributed by atoms with E-state index in [1.54, 1.807) is 12.3 Å². The standard InChI is InChI=1S/C18H20FN5/c19-15-10-20-7-4-13(15)11-24-8-5-16-14(12-24)9-22-18(23-16)17-3-1-2-6-21-17/h4,7,9-10H,1-3,5-6,8,11-12H2. The van der Waals surface area contributed by atoms with Crippen molar-refractivity contribution in [1.82, 2.24) is 19.9 Å². The van der Waals surface area contributed by atoms with Crippen molar-refractivity contribution in [1.29, 1.82) is 0 Å². The number of aliphatic imine (C=N–C) groups is 1. The minimum Gasteiger partial charge on any atom is -0.294 e. The molecular formula is C18H20FN5. The molecule has 0 amide bonds. The van der Waals surface area contributed by atoms with Crippen LogP contribution in [0.15, 0.2) is 29.6 Å². The van der Waals surface area contributed by atoms with Crippen molar-refractivity contribution < 1.29 is 4.39 Å². The van der Waals surface area contributed by atoms with Crippen molar-refractivity contribution in [3.8, 4) is 0 Å². The van der Waals surface area contributed by atoms with Crippen LogP contribution >= 0.6 is 0 Å². The van der Waals surface area contributed by atoms with Gasteiger partial charge < -0.3 is 0 Å². The van der Waals surface area contributed by atoms with Gasteiger partial charge in [0.2, 0.25) is 0 Å². The molecule has 0 saturated carbocycles. The first kappa shape index (κ1) is 15.3. The molecule has 4 rings (SSSR count). The van der Waals surface area contributed by atoms with Gasteiger partial charge in [-0.2, -0.15) is 0 Å². The first-order chi connectivity index (χ1) is 11.8. The van der Waals surface area contributed by atoms with Crippen molar-refractivity contribution in [2.75, 3.05) is 13.1 Å². The fourth-order valence-electron chi connectivity index (χ4n) is 3.30. The monoisotopic (exact) mass is 325 g/mol. The summed E-state index contributed by atoms with van der Waals surface area (Å²) >= 11 is 0. The lowest BCUT2D eigenvalue weighted by atomic mass is 10.0. The average molecular weight is 325 g/mol. The first-order valence-corrected chi connectivity index (χ1v) is 8.49. The van der Waals surface area contributed by atoms with Gasteiger partial charge in [-0.3, -0.25) is 14.9 Å². The van der Waals surface area contributed by atoms with Gasteiger partial charge in [-0.25, -0.2) is 14.4 Å². The normalized spacial score (nSPS) is 18.1. The highest BCUT2D eigenvalue weighted by Crippen LogP contribution is 2.20. The Labute approximate surface area is 140 Å². The van der Waals surface area contributed by atoms with E-state index in [-0.39, 0.29) is 5.82 Å². The fourth-order valence-corrected chi connectivity index (χ4v) is 3.30. The molecule has 0 aromatic carbocycles. The molecule has 0 aliphatic carbocycles. The summed E-state index contributed by atoms with van der Waals surface area (Å²) in [5.41, 5.74) is 3.98. The largest absolute Gasteiger partial charge is 0.294 e. The van der Waals surface area contributed by atoms with Crippen LogP contribution in [0.5, 0.6) is 0 Å². The number of hydrogen-bond acceptors (Lipinski definition) is 5. The molecule has 4 heterocycles. The topological polar surface area (TPSA) is 54.3 Å². The first-order valence-electron chi connectivity index (χ1n) is 8.49. The van der Waals surface area contributed by atoms with E-state index >= 15 is 0 Å². The van der Waals surface area contributed by atoms with Gasteiger partial charge >= 0.3 is 0 Å². The zero-order chi connectivity index (χ0) is 16.4. The second-order valence-corrected chi connectivity index (χ2v) is 6.38. The molecule has 5 nitrogen and oxygen atoms in total. The minimum absolute atomic E-state index is 0.245. The summed E-state index contributed by atoms with van der Waals surface area (Å²) < 4.78 is 13.8. The van der Waals surface area contributed by atoms with Gasteiger partial charge in [0, 0.05) is 56.1 Å². The molecule has 124 valence electrons. The van der Waals surface area contributed by atoms with Crippen LogP contribution in [0.2, 0.25) is 0 Å². The van der Waals surface area contributed by atoms with Gasteiger partial charge in [-0.15, -0.1) is 0 Å². The van der Waals surface area contributed by atoms with Crippen LogP contribution in [0.3, 0.4) is 0 Å². The van der Waals surface area contributed by atoms with Crippen molar-refractivity contribution in [3.05, 3.63) is 53.1 Å². The molecule has 0 radical (unpaired) electrons. The molecule has 0 spiro atoms. The van der Waals surface area contributed by atoms with E-state index in [9.17, 15) is 4.39 Å². The van der Waals surface area contributed by atoms with Crippen molar-refractivity contribution in [2.45, 2.75) is 38.8 Å². The molecule has 6 heteroatoms. The zero-order valence-electron chi connectivity index (χ0n) is 13.6. The van der Waals surface area contributed by atoms with Gasteiger partial charge in [0.05, 0.1) is 17.6 Å². The molecule has 2 aliphatic heterocycles. The third-order valence-corrected chi connectivity index (χ3v) is 4.65. The Morgan fingerprint density at radius 1 is 1.17 bits per heavy atom. The number of halogens is 1. The quantitative estimate of drug-likeness (QED) is 0.870. The minimum atomic E-state index is -0.245. The van der Waals surface area contributed by atoms with E-state index in [0.717, 1.165) is 61.7 Å². The Morgan fingerprint density at radius 3 is 2.96 bits per heavy atom. The maximum absolute atomic E-state index is 13.8. The fraction of sp³-hybridized carbons (Fsp3) is 0.444. The van der Waals surface area contributed by atoms with Crippen LogP contribution in [0, 0.1) is 5.82 Å². The predicted molar refractivity (Wildman–Crippen MR) is 89.3 cm³/mol. The summed E-state index contributed by atoms with van der Waals surface area (Å²) in [6.45, 7) is 3.10. The number of rotatable bonds is 3. The van der Waals surface area contributed by atoms with Gasteiger partial charge in [-0.05, 0) is 25.3 Å². The summed E-state index contributed by atoms with van der Waals surface area (Å²) in [6.07, 6.45) is 9.00. The highest BCUT2D eigenvalue weighted by atomic mass is 19.1. The van der Waals surface area contributed by atoms with Crippen LogP contribution in [0.1, 0.15) is 41.9 Å². The second kappa shape index (κ2) is 6.73. The highest BCUT2D eigenvalue weighted by molar-refractivity contribution is 5.97. The number of hydrogen-bond donors (Lipinski definition) is 0. The molecule has 2 aromatic heterocycles. The summed E-state index contributed by atoms with van der Waals surface area (Å²) in [4.78, 5) is 19.9. The van der Waals surface area contributed by atoms with Crippen LogP contribution in [0.25, 0.3) is 0 Å². The maximum Gasteiger partial charge on any atom is 0.173 e. The van der Waals surface area contributed by atoms with Gasteiger partial charge in [0.1, 0.15) is 5.82 Å². The van der Waals surface area contributed by atoms with E-state index < -0.39 is 0 Å². The third-order valence-electron chi connectivity index (χ3n) is 4.65. The Bertz CT molecular complexity index is 774. The van der Waals surface area contributed by atoms with Crippen molar-refractivity contribution >= 4 is 5.71 Å². The molecule has 0 atom stereocenters. The second-order valence-electron chi connectivity index (χ2n) is 6.38. The van der Waals surface area contributed by atoms with Crippen LogP contribution < -0.4 is 0 Å². The third kappa shape index (κ3) is 3.19. The zero-order valence-corrected chi connectivity index (χ0v) is 13.6. The summed E-state index contributed by atoms with van der Waals surface area (Å²) in [6, 6.07) is 1.74. The molecule has 0 unspecified atom stereocenters. The van der Waals surface area contributed by atoms with E-state index in [1.165, 1.54) is 12.6 Å². The summed E-state index contributed by atoms with van der Waals surface area (Å²) in [7, 11) is 0. The highest BCUT2D eigenvalue weighted by Gasteiger charge is 2.21. The SMILES string of the molecule is Fc1cnccc1CN1CCc2nc(C3=NCCCC3)ncc2C1. The van der Waals surface area contributed by atoms with Gasteiger partial charge in [0.15, 0.2) is 5.82 Å². The maximum atomic E-state index is 13.8.